The molecule has 4 nitrogen and oxygen atoms in total. The Labute approximate surface area is 260 Å². The summed E-state index contributed by atoms with van der Waals surface area (Å²) in [5.74, 6) is 1.89. The summed E-state index contributed by atoms with van der Waals surface area (Å²) in [4.78, 5) is 5.11. The number of hydrogen-bond donors (Lipinski definition) is 0. The number of ether oxygens (including phenoxy) is 2. The van der Waals surface area contributed by atoms with Gasteiger partial charge in [0.15, 0.2) is 0 Å². The first-order valence-electron chi connectivity index (χ1n) is 17.0. The molecular weight excluding hydrogens is 528 g/mol. The third kappa shape index (κ3) is 9.71. The largest absolute Gasteiger partial charge is 0.492 e. The number of nitrogens with zero attached hydrogens (tertiary/aromatic N) is 2. The average Bonchev–Trinajstić information content (AvgIpc) is 3.48. The van der Waals surface area contributed by atoms with Crippen LogP contribution in [0.4, 0.5) is 0 Å². The SMILES string of the molecule is CCCC(=C(c1ccc(OCCN2CCCCCC2)cc1)c1ccc(OCCN2CCCCCC2)cc1)c1ccccc1. The molecule has 2 fully saturated rings. The fourth-order valence-electron chi connectivity index (χ4n) is 6.56. The lowest BCUT2D eigenvalue weighted by Crippen LogP contribution is -2.29. The lowest BCUT2D eigenvalue weighted by atomic mass is 9.87. The van der Waals surface area contributed by atoms with Gasteiger partial charge in [0, 0.05) is 13.1 Å². The molecule has 5 rings (SSSR count). The highest BCUT2D eigenvalue weighted by Crippen LogP contribution is 2.36. The van der Waals surface area contributed by atoms with Gasteiger partial charge in [0.25, 0.3) is 0 Å². The van der Waals surface area contributed by atoms with Gasteiger partial charge in [-0.25, -0.2) is 0 Å². The van der Waals surface area contributed by atoms with Crippen LogP contribution in [-0.4, -0.2) is 62.3 Å². The van der Waals surface area contributed by atoms with E-state index in [-0.39, 0.29) is 0 Å². The van der Waals surface area contributed by atoms with E-state index in [1.54, 1.807) is 0 Å². The Balaban J connectivity index is 1.31. The monoisotopic (exact) mass is 580 g/mol. The van der Waals surface area contributed by atoms with Crippen molar-refractivity contribution in [2.24, 2.45) is 0 Å². The molecule has 0 saturated carbocycles. The molecule has 0 radical (unpaired) electrons. The minimum atomic E-state index is 0.742. The average molecular weight is 581 g/mol. The van der Waals surface area contributed by atoms with E-state index in [0.29, 0.717) is 0 Å². The van der Waals surface area contributed by atoms with Crippen LogP contribution in [0.3, 0.4) is 0 Å². The van der Waals surface area contributed by atoms with Gasteiger partial charge in [0.05, 0.1) is 0 Å². The van der Waals surface area contributed by atoms with Crippen LogP contribution >= 0.6 is 0 Å². The van der Waals surface area contributed by atoms with Gasteiger partial charge in [-0.15, -0.1) is 0 Å². The van der Waals surface area contributed by atoms with Crippen LogP contribution in [-0.2, 0) is 0 Å². The van der Waals surface area contributed by atoms with Crippen LogP contribution in [0.2, 0.25) is 0 Å². The summed E-state index contributed by atoms with van der Waals surface area (Å²) in [5, 5.41) is 0. The van der Waals surface area contributed by atoms with Gasteiger partial charge < -0.3 is 9.47 Å². The highest BCUT2D eigenvalue weighted by atomic mass is 16.5. The molecule has 0 N–H and O–H groups in total. The van der Waals surface area contributed by atoms with Gasteiger partial charge in [-0.1, -0.05) is 93.6 Å². The van der Waals surface area contributed by atoms with E-state index in [2.05, 4.69) is 95.6 Å². The maximum absolute atomic E-state index is 6.21. The fourth-order valence-corrected chi connectivity index (χ4v) is 6.56. The van der Waals surface area contributed by atoms with Crippen molar-refractivity contribution in [2.75, 3.05) is 52.5 Å². The van der Waals surface area contributed by atoms with Crippen molar-refractivity contribution >= 4 is 11.1 Å². The standard InChI is InChI=1S/C39H52N2O2/c1-2-14-38(33-15-8-7-9-16-33)39(34-17-21-36(22-18-34)42-31-29-40-25-10-3-4-11-26-40)35-19-23-37(24-20-35)43-32-30-41-27-12-5-6-13-28-41/h7-9,15-24H,2-6,10-14,25-32H2,1H3. The van der Waals surface area contributed by atoms with Gasteiger partial charge in [0.1, 0.15) is 24.7 Å². The second kappa shape index (κ2) is 17.3. The summed E-state index contributed by atoms with van der Waals surface area (Å²) in [6.45, 7) is 10.6. The van der Waals surface area contributed by atoms with Crippen LogP contribution < -0.4 is 9.47 Å². The molecule has 2 aliphatic heterocycles. The van der Waals surface area contributed by atoms with Crippen LogP contribution in [0, 0.1) is 0 Å². The second-order valence-electron chi connectivity index (χ2n) is 12.2. The van der Waals surface area contributed by atoms with E-state index < -0.39 is 0 Å². The van der Waals surface area contributed by atoms with Gasteiger partial charge >= 0.3 is 0 Å². The van der Waals surface area contributed by atoms with E-state index in [1.165, 1.54) is 105 Å². The maximum atomic E-state index is 6.21. The molecule has 230 valence electrons. The van der Waals surface area contributed by atoms with E-state index in [1.807, 2.05) is 0 Å². The zero-order valence-electron chi connectivity index (χ0n) is 26.4. The quantitative estimate of drug-likeness (QED) is 0.188. The highest BCUT2D eigenvalue weighted by Gasteiger charge is 2.15. The summed E-state index contributed by atoms with van der Waals surface area (Å²) in [5.41, 5.74) is 6.41. The van der Waals surface area contributed by atoms with Gasteiger partial charge in [0.2, 0.25) is 0 Å². The molecule has 0 aromatic heterocycles. The molecule has 0 spiro atoms. The predicted molar refractivity (Wildman–Crippen MR) is 181 cm³/mol. The number of allylic oxidation sites excluding steroid dienone is 1. The molecular formula is C39H52N2O2. The van der Waals surface area contributed by atoms with Crippen molar-refractivity contribution in [1.29, 1.82) is 0 Å². The molecule has 0 amide bonds. The molecule has 0 bridgehead atoms. The summed E-state index contributed by atoms with van der Waals surface area (Å²) in [6.07, 6.45) is 12.8. The third-order valence-electron chi connectivity index (χ3n) is 8.96. The van der Waals surface area contributed by atoms with E-state index >= 15 is 0 Å². The highest BCUT2D eigenvalue weighted by molar-refractivity contribution is 5.98. The van der Waals surface area contributed by atoms with Crippen molar-refractivity contribution in [3.8, 4) is 11.5 Å². The summed E-state index contributed by atoms with van der Waals surface area (Å²) >= 11 is 0. The Kier molecular flexibility index (Phi) is 12.6. The van der Waals surface area contributed by atoms with Crippen molar-refractivity contribution in [3.05, 3.63) is 95.6 Å². The van der Waals surface area contributed by atoms with Crippen molar-refractivity contribution in [1.82, 2.24) is 9.80 Å². The van der Waals surface area contributed by atoms with Crippen molar-refractivity contribution in [2.45, 2.75) is 71.1 Å². The van der Waals surface area contributed by atoms with Crippen LogP contribution in [0.15, 0.2) is 78.9 Å². The minimum Gasteiger partial charge on any atom is -0.492 e. The van der Waals surface area contributed by atoms with Gasteiger partial charge in [-0.05, 0) is 110 Å². The first-order valence-corrected chi connectivity index (χ1v) is 17.0. The van der Waals surface area contributed by atoms with E-state index in [9.17, 15) is 0 Å². The second-order valence-corrected chi connectivity index (χ2v) is 12.2. The smallest absolute Gasteiger partial charge is 0.119 e. The lowest BCUT2D eigenvalue weighted by Gasteiger charge is -2.20. The molecule has 3 aromatic rings. The Morgan fingerprint density at radius 2 is 0.977 bits per heavy atom. The lowest BCUT2D eigenvalue weighted by molar-refractivity contribution is 0.214. The number of hydrogen-bond acceptors (Lipinski definition) is 4. The predicted octanol–water partition coefficient (Wildman–Crippen LogP) is 8.96. The summed E-state index contributed by atoms with van der Waals surface area (Å²) < 4.78 is 12.4. The number of likely N-dealkylation sites (tertiary alicyclic amines) is 2. The Morgan fingerprint density at radius 1 is 0.535 bits per heavy atom. The molecule has 2 heterocycles. The molecule has 0 unspecified atom stereocenters. The maximum Gasteiger partial charge on any atom is 0.119 e. The van der Waals surface area contributed by atoms with Crippen LogP contribution in [0.5, 0.6) is 11.5 Å². The van der Waals surface area contributed by atoms with Crippen LogP contribution in [0.1, 0.15) is 87.8 Å². The molecule has 0 atom stereocenters. The molecule has 0 aliphatic carbocycles. The first kappa shape index (κ1) is 31.3. The number of rotatable bonds is 13. The van der Waals surface area contributed by atoms with Crippen molar-refractivity contribution < 1.29 is 9.47 Å². The van der Waals surface area contributed by atoms with Crippen LogP contribution in [0.25, 0.3) is 11.1 Å². The van der Waals surface area contributed by atoms with E-state index in [4.69, 9.17) is 9.47 Å². The Morgan fingerprint density at radius 3 is 1.40 bits per heavy atom. The zero-order chi connectivity index (χ0) is 29.5. The topological polar surface area (TPSA) is 24.9 Å². The zero-order valence-corrected chi connectivity index (χ0v) is 26.4. The Bertz CT molecular complexity index is 1150. The van der Waals surface area contributed by atoms with Gasteiger partial charge in [-0.3, -0.25) is 9.80 Å². The minimum absolute atomic E-state index is 0.742. The molecule has 43 heavy (non-hydrogen) atoms. The van der Waals surface area contributed by atoms with E-state index in [0.717, 1.165) is 50.6 Å². The summed E-state index contributed by atoms with van der Waals surface area (Å²) in [7, 11) is 0. The third-order valence-corrected chi connectivity index (χ3v) is 8.96. The van der Waals surface area contributed by atoms with Gasteiger partial charge in [-0.2, -0.15) is 0 Å². The molecule has 2 saturated heterocycles. The first-order chi connectivity index (χ1) is 21.3. The molecule has 4 heteroatoms. The normalized spacial score (nSPS) is 16.7. The molecule has 2 aliphatic rings. The number of benzene rings is 3. The summed E-state index contributed by atoms with van der Waals surface area (Å²) in [6, 6.07) is 28.4. The van der Waals surface area contributed by atoms with Crippen molar-refractivity contribution in [3.63, 3.8) is 0 Å². The Hall–Kier alpha value is -3.08. The fraction of sp³-hybridized carbons (Fsp3) is 0.487. The molecule has 3 aromatic carbocycles.